The van der Waals surface area contributed by atoms with Crippen LogP contribution in [0.1, 0.15) is 26.2 Å². The molecule has 0 aromatic heterocycles. The van der Waals surface area contributed by atoms with Crippen LogP contribution in [0.15, 0.2) is 12.7 Å². The van der Waals surface area contributed by atoms with Crippen molar-refractivity contribution in [3.8, 4) is 0 Å². The van der Waals surface area contributed by atoms with Gasteiger partial charge in [-0.1, -0.05) is 6.08 Å². The fraction of sp³-hybridized carbons (Fsp3) is 0.800. The second-order valence-electron chi connectivity index (χ2n) is 3.67. The van der Waals surface area contributed by atoms with E-state index in [4.69, 9.17) is 9.47 Å². The summed E-state index contributed by atoms with van der Waals surface area (Å²) in [5.74, 6) is 0. The van der Waals surface area contributed by atoms with E-state index in [1.54, 1.807) is 6.92 Å². The first-order chi connectivity index (χ1) is 6.14. The molecular weight excluding hydrogens is 168 g/mol. The van der Waals surface area contributed by atoms with E-state index in [0.717, 1.165) is 25.9 Å². The van der Waals surface area contributed by atoms with Crippen molar-refractivity contribution in [1.82, 2.24) is 0 Å². The molecule has 1 heterocycles. The van der Waals surface area contributed by atoms with E-state index < -0.39 is 5.60 Å². The van der Waals surface area contributed by atoms with Gasteiger partial charge in [0, 0.05) is 6.61 Å². The monoisotopic (exact) mass is 186 g/mol. The molecule has 0 aromatic rings. The lowest BCUT2D eigenvalue weighted by atomic mass is 10.1. The van der Waals surface area contributed by atoms with Crippen molar-refractivity contribution in [3.05, 3.63) is 12.7 Å². The highest BCUT2D eigenvalue weighted by Gasteiger charge is 2.20. The van der Waals surface area contributed by atoms with Crippen LogP contribution in [0, 0.1) is 0 Å². The Balaban J connectivity index is 2.20. The van der Waals surface area contributed by atoms with Gasteiger partial charge in [-0.3, -0.25) is 0 Å². The third-order valence-corrected chi connectivity index (χ3v) is 2.14. The first-order valence-corrected chi connectivity index (χ1v) is 4.73. The predicted octanol–water partition coefficient (Wildman–Crippen LogP) is 1.47. The Kier molecular flexibility index (Phi) is 3.90. The van der Waals surface area contributed by atoms with Gasteiger partial charge in [0.05, 0.1) is 6.61 Å². The van der Waals surface area contributed by atoms with Crippen molar-refractivity contribution in [1.29, 1.82) is 0 Å². The molecule has 1 aliphatic rings. The van der Waals surface area contributed by atoms with E-state index in [-0.39, 0.29) is 12.9 Å². The van der Waals surface area contributed by atoms with Crippen LogP contribution < -0.4 is 0 Å². The molecular formula is C10H18O3. The van der Waals surface area contributed by atoms with Crippen molar-refractivity contribution < 1.29 is 14.6 Å². The van der Waals surface area contributed by atoms with Gasteiger partial charge in [-0.05, 0) is 26.2 Å². The average Bonchev–Trinajstić information content (AvgIpc) is 2.17. The Bertz CT molecular complexity index is 160. The molecule has 1 rings (SSSR count). The molecule has 2 unspecified atom stereocenters. The van der Waals surface area contributed by atoms with Gasteiger partial charge >= 0.3 is 0 Å². The van der Waals surface area contributed by atoms with E-state index >= 15 is 0 Å². The molecule has 0 radical (unpaired) electrons. The molecule has 0 amide bonds. The average molecular weight is 186 g/mol. The maximum absolute atomic E-state index is 9.56. The zero-order chi connectivity index (χ0) is 9.73. The molecule has 13 heavy (non-hydrogen) atoms. The molecule has 1 fully saturated rings. The highest BCUT2D eigenvalue weighted by molar-refractivity contribution is 4.91. The third-order valence-electron chi connectivity index (χ3n) is 2.14. The Morgan fingerprint density at radius 2 is 2.46 bits per heavy atom. The van der Waals surface area contributed by atoms with E-state index in [9.17, 15) is 5.11 Å². The van der Waals surface area contributed by atoms with Crippen LogP contribution in [0.5, 0.6) is 0 Å². The second-order valence-corrected chi connectivity index (χ2v) is 3.67. The fourth-order valence-electron chi connectivity index (χ4n) is 1.16. The maximum atomic E-state index is 9.56. The van der Waals surface area contributed by atoms with Crippen LogP contribution in [0.3, 0.4) is 0 Å². The first kappa shape index (κ1) is 10.7. The summed E-state index contributed by atoms with van der Waals surface area (Å²) in [6.45, 7) is 6.21. The summed E-state index contributed by atoms with van der Waals surface area (Å²) in [6, 6.07) is 0. The Hall–Kier alpha value is -0.380. The Morgan fingerprint density at radius 3 is 3.00 bits per heavy atom. The van der Waals surface area contributed by atoms with Gasteiger partial charge in [-0.15, -0.1) is 6.58 Å². The van der Waals surface area contributed by atoms with Crippen molar-refractivity contribution in [2.75, 3.05) is 13.2 Å². The normalized spacial score (nSPS) is 28.0. The minimum Gasteiger partial charge on any atom is -0.384 e. The van der Waals surface area contributed by atoms with E-state index in [2.05, 4.69) is 6.58 Å². The van der Waals surface area contributed by atoms with Crippen molar-refractivity contribution in [2.24, 2.45) is 0 Å². The van der Waals surface area contributed by atoms with E-state index in [1.807, 2.05) is 0 Å². The summed E-state index contributed by atoms with van der Waals surface area (Å²) < 4.78 is 10.7. The molecule has 0 spiro atoms. The lowest BCUT2D eigenvalue weighted by Gasteiger charge is -2.26. The summed E-state index contributed by atoms with van der Waals surface area (Å²) in [7, 11) is 0. The molecule has 0 aromatic carbocycles. The fourth-order valence-corrected chi connectivity index (χ4v) is 1.16. The van der Waals surface area contributed by atoms with Crippen LogP contribution in [0.2, 0.25) is 0 Å². The smallest absolute Gasteiger partial charge is 0.157 e. The second kappa shape index (κ2) is 4.74. The SMILES string of the molecule is C=CC(C)(O)COC1CCCCO1. The lowest BCUT2D eigenvalue weighted by molar-refractivity contribution is -0.182. The Morgan fingerprint density at radius 1 is 1.69 bits per heavy atom. The summed E-state index contributed by atoms with van der Waals surface area (Å²) in [5.41, 5.74) is -0.944. The third kappa shape index (κ3) is 3.89. The van der Waals surface area contributed by atoms with Gasteiger partial charge in [0.15, 0.2) is 6.29 Å². The first-order valence-electron chi connectivity index (χ1n) is 4.73. The van der Waals surface area contributed by atoms with Crippen LogP contribution in [0.4, 0.5) is 0 Å². The Labute approximate surface area is 79.3 Å². The summed E-state index contributed by atoms with van der Waals surface area (Å²) in [4.78, 5) is 0. The number of hydrogen-bond acceptors (Lipinski definition) is 3. The van der Waals surface area contributed by atoms with Crippen LogP contribution >= 0.6 is 0 Å². The van der Waals surface area contributed by atoms with Crippen molar-refractivity contribution in [2.45, 2.75) is 38.1 Å². The molecule has 1 N–H and O–H groups in total. The molecule has 3 nitrogen and oxygen atoms in total. The summed E-state index contributed by atoms with van der Waals surface area (Å²) in [6.07, 6.45) is 4.52. The minimum atomic E-state index is -0.944. The summed E-state index contributed by atoms with van der Waals surface area (Å²) in [5, 5.41) is 9.56. The highest BCUT2D eigenvalue weighted by Crippen LogP contribution is 2.15. The standard InChI is InChI=1S/C10H18O3/c1-3-10(2,11)8-13-9-6-4-5-7-12-9/h3,9,11H,1,4-8H2,2H3. The lowest BCUT2D eigenvalue weighted by Crippen LogP contribution is -2.32. The van der Waals surface area contributed by atoms with Crippen molar-refractivity contribution >= 4 is 0 Å². The van der Waals surface area contributed by atoms with Gasteiger partial charge in [0.25, 0.3) is 0 Å². The number of aliphatic hydroxyl groups is 1. The van der Waals surface area contributed by atoms with E-state index in [1.165, 1.54) is 6.08 Å². The topological polar surface area (TPSA) is 38.7 Å². The quantitative estimate of drug-likeness (QED) is 0.676. The molecule has 1 aliphatic heterocycles. The van der Waals surface area contributed by atoms with Crippen LogP contribution in [-0.2, 0) is 9.47 Å². The van der Waals surface area contributed by atoms with Gasteiger partial charge in [-0.2, -0.15) is 0 Å². The molecule has 1 saturated heterocycles. The maximum Gasteiger partial charge on any atom is 0.157 e. The largest absolute Gasteiger partial charge is 0.384 e. The minimum absolute atomic E-state index is 0.139. The van der Waals surface area contributed by atoms with Gasteiger partial charge < -0.3 is 14.6 Å². The van der Waals surface area contributed by atoms with Gasteiger partial charge in [-0.25, -0.2) is 0 Å². The number of rotatable bonds is 4. The van der Waals surface area contributed by atoms with Crippen LogP contribution in [0.25, 0.3) is 0 Å². The highest BCUT2D eigenvalue weighted by atomic mass is 16.7. The zero-order valence-electron chi connectivity index (χ0n) is 8.16. The molecule has 0 saturated carbocycles. The van der Waals surface area contributed by atoms with E-state index in [0.29, 0.717) is 0 Å². The van der Waals surface area contributed by atoms with Gasteiger partial charge in [0.1, 0.15) is 5.60 Å². The molecule has 2 atom stereocenters. The molecule has 0 aliphatic carbocycles. The van der Waals surface area contributed by atoms with Crippen molar-refractivity contribution in [3.63, 3.8) is 0 Å². The molecule has 0 bridgehead atoms. The predicted molar refractivity (Wildman–Crippen MR) is 50.4 cm³/mol. The molecule has 76 valence electrons. The van der Waals surface area contributed by atoms with Gasteiger partial charge in [0.2, 0.25) is 0 Å². The number of ether oxygens (including phenoxy) is 2. The van der Waals surface area contributed by atoms with Crippen LogP contribution in [-0.4, -0.2) is 30.2 Å². The zero-order valence-corrected chi connectivity index (χ0v) is 8.16. The number of hydrogen-bond donors (Lipinski definition) is 1. The molecule has 3 heteroatoms. The summed E-state index contributed by atoms with van der Waals surface area (Å²) >= 11 is 0.